The van der Waals surface area contributed by atoms with Gasteiger partial charge < -0.3 is 14.4 Å². The third-order valence-corrected chi connectivity index (χ3v) is 6.55. The van der Waals surface area contributed by atoms with Crippen molar-refractivity contribution in [1.82, 2.24) is 0 Å². The van der Waals surface area contributed by atoms with Crippen LogP contribution < -0.4 is 4.90 Å². The van der Waals surface area contributed by atoms with Crippen LogP contribution in [-0.4, -0.2) is 42.7 Å². The van der Waals surface area contributed by atoms with Gasteiger partial charge >= 0.3 is 0 Å². The van der Waals surface area contributed by atoms with Crippen molar-refractivity contribution in [3.05, 3.63) is 71.6 Å². The molecule has 5 nitrogen and oxygen atoms in total. The Morgan fingerprint density at radius 1 is 1.10 bits per heavy atom. The highest BCUT2D eigenvalue weighted by Gasteiger charge is 2.63. The second kappa shape index (κ2) is 6.08. The summed E-state index contributed by atoms with van der Waals surface area (Å²) < 4.78 is 24.8. The smallest absolute Gasteiger partial charge is 0.218 e. The highest BCUT2D eigenvalue weighted by Crippen LogP contribution is 2.50. The van der Waals surface area contributed by atoms with E-state index in [0.717, 1.165) is 11.3 Å². The van der Waals surface area contributed by atoms with E-state index in [1.807, 2.05) is 36.4 Å². The molecule has 0 spiro atoms. The van der Waals surface area contributed by atoms with E-state index in [4.69, 9.17) is 9.47 Å². The predicted molar refractivity (Wildman–Crippen MR) is 103 cm³/mol. The van der Waals surface area contributed by atoms with Crippen LogP contribution in [0, 0.1) is 17.7 Å². The second-order valence-electron chi connectivity index (χ2n) is 7.98. The fraction of sp³-hybridized carbons (Fsp3) is 0.304. The minimum Gasteiger partial charge on any atom is -0.353 e. The van der Waals surface area contributed by atoms with Crippen LogP contribution >= 0.6 is 0 Å². The summed E-state index contributed by atoms with van der Waals surface area (Å²) >= 11 is 0. The number of carbonyl (C=O) groups is 2. The van der Waals surface area contributed by atoms with Crippen molar-refractivity contribution in [1.29, 1.82) is 0 Å². The van der Waals surface area contributed by atoms with Crippen LogP contribution in [0.1, 0.15) is 15.9 Å². The zero-order valence-electron chi connectivity index (χ0n) is 15.4. The van der Waals surface area contributed by atoms with Crippen molar-refractivity contribution >= 4 is 23.3 Å². The van der Waals surface area contributed by atoms with Gasteiger partial charge in [-0.3, -0.25) is 9.59 Å². The zero-order chi connectivity index (χ0) is 19.7. The number of carbonyl (C=O) groups excluding carboxylic acids is 2. The maximum absolute atomic E-state index is 13.7. The minimum absolute atomic E-state index is 0.0998. The SMILES string of the molecule is O=C(c1ccc(F)cc1)C1[C@H]2[C@@H]3CO[C@@H](O3)C(=O)[C@H]2C2C=Cc3ccccc3N12. The second-order valence-corrected chi connectivity index (χ2v) is 7.98. The first-order chi connectivity index (χ1) is 14.1. The molecule has 2 unspecified atom stereocenters. The zero-order valence-corrected chi connectivity index (χ0v) is 15.4. The Balaban J connectivity index is 1.52. The fourth-order valence-electron chi connectivity index (χ4n) is 5.36. The molecule has 6 rings (SSSR count). The number of ketones is 2. The summed E-state index contributed by atoms with van der Waals surface area (Å²) in [7, 11) is 0. The molecule has 6 atom stereocenters. The van der Waals surface area contributed by atoms with Crippen LogP contribution in [0.15, 0.2) is 54.6 Å². The summed E-state index contributed by atoms with van der Waals surface area (Å²) in [5, 5.41) is 0. The van der Waals surface area contributed by atoms with Crippen LogP contribution in [0.3, 0.4) is 0 Å². The number of para-hydroxylation sites is 1. The molecule has 0 N–H and O–H groups in total. The minimum atomic E-state index is -0.839. The molecule has 4 heterocycles. The van der Waals surface area contributed by atoms with Crippen molar-refractivity contribution in [2.75, 3.05) is 11.5 Å². The van der Waals surface area contributed by atoms with Crippen LogP contribution in [-0.2, 0) is 14.3 Å². The Hall–Kier alpha value is -2.83. The number of benzene rings is 2. The van der Waals surface area contributed by atoms with Crippen molar-refractivity contribution in [3.8, 4) is 0 Å². The molecule has 0 amide bonds. The average Bonchev–Trinajstić information content (AvgIpc) is 3.33. The van der Waals surface area contributed by atoms with Crippen LogP contribution in [0.4, 0.5) is 10.1 Å². The van der Waals surface area contributed by atoms with E-state index in [-0.39, 0.29) is 35.5 Å². The van der Waals surface area contributed by atoms with E-state index < -0.39 is 18.1 Å². The van der Waals surface area contributed by atoms with E-state index in [9.17, 15) is 14.0 Å². The molecule has 4 aliphatic rings. The Labute approximate surface area is 166 Å². The lowest BCUT2D eigenvalue weighted by Crippen LogP contribution is -2.48. The number of hydrogen-bond acceptors (Lipinski definition) is 5. The van der Waals surface area contributed by atoms with Gasteiger partial charge in [0, 0.05) is 17.2 Å². The lowest BCUT2D eigenvalue weighted by Gasteiger charge is -2.35. The first-order valence-electron chi connectivity index (χ1n) is 9.79. The molecule has 2 aromatic rings. The van der Waals surface area contributed by atoms with Crippen LogP contribution in [0.25, 0.3) is 6.08 Å². The fourth-order valence-corrected chi connectivity index (χ4v) is 5.36. The first-order valence-corrected chi connectivity index (χ1v) is 9.79. The topological polar surface area (TPSA) is 55.8 Å². The van der Waals surface area contributed by atoms with E-state index in [0.29, 0.717) is 12.2 Å². The van der Waals surface area contributed by atoms with Gasteiger partial charge in [0.25, 0.3) is 0 Å². The summed E-state index contributed by atoms with van der Waals surface area (Å²) in [5.74, 6) is -1.32. The van der Waals surface area contributed by atoms with Crippen molar-refractivity contribution in [3.63, 3.8) is 0 Å². The number of ether oxygens (including phenoxy) is 2. The van der Waals surface area contributed by atoms with Crippen LogP contribution in [0.2, 0.25) is 0 Å². The molecule has 29 heavy (non-hydrogen) atoms. The Morgan fingerprint density at radius 3 is 2.72 bits per heavy atom. The van der Waals surface area contributed by atoms with Gasteiger partial charge in [0.15, 0.2) is 11.6 Å². The molecule has 3 fully saturated rings. The third kappa shape index (κ3) is 2.33. The van der Waals surface area contributed by atoms with Crippen molar-refractivity contribution in [2.45, 2.75) is 24.5 Å². The molecule has 4 aliphatic heterocycles. The standard InChI is InChI=1S/C23H18FNO4/c24-14-8-5-13(6-9-14)21(26)20-19-17-11-28-23(29-17)22(27)18(19)16-10-7-12-3-1-2-4-15(12)25(16)20/h1-10,16-20,23H,11H2/t16?,17-,18-,19-,20?,23-/m0/s1. The highest BCUT2D eigenvalue weighted by atomic mass is 19.1. The molecule has 3 saturated heterocycles. The molecule has 6 heteroatoms. The molecule has 0 aromatic heterocycles. The number of Topliss-reactive ketones (excluding diaryl/α,β-unsaturated/α-hetero) is 2. The van der Waals surface area contributed by atoms with E-state index in [1.54, 1.807) is 0 Å². The summed E-state index contributed by atoms with van der Waals surface area (Å²) in [4.78, 5) is 28.8. The van der Waals surface area contributed by atoms with Gasteiger partial charge in [-0.2, -0.15) is 0 Å². The summed E-state index contributed by atoms with van der Waals surface area (Å²) in [6, 6.07) is 12.6. The normalized spacial score (nSPS) is 34.0. The van der Waals surface area contributed by atoms with E-state index >= 15 is 0 Å². The largest absolute Gasteiger partial charge is 0.353 e. The molecule has 0 saturated carbocycles. The van der Waals surface area contributed by atoms with Crippen molar-refractivity contribution < 1.29 is 23.5 Å². The Bertz CT molecular complexity index is 1050. The molecule has 2 bridgehead atoms. The number of fused-ring (bicyclic) bond motifs is 8. The number of nitrogens with zero attached hydrogens (tertiary/aromatic N) is 1. The average molecular weight is 391 g/mol. The lowest BCUT2D eigenvalue weighted by molar-refractivity contribution is -0.163. The number of anilines is 1. The number of rotatable bonds is 2. The van der Waals surface area contributed by atoms with Gasteiger partial charge in [-0.25, -0.2) is 4.39 Å². The maximum atomic E-state index is 13.7. The molecule has 0 aliphatic carbocycles. The Kier molecular flexibility index (Phi) is 3.58. The summed E-state index contributed by atoms with van der Waals surface area (Å²) in [5.41, 5.74) is 2.37. The number of halogens is 1. The quantitative estimate of drug-likeness (QED) is 0.737. The lowest BCUT2D eigenvalue weighted by atomic mass is 9.77. The van der Waals surface area contributed by atoms with Gasteiger partial charge in [-0.1, -0.05) is 30.4 Å². The molecule has 2 aromatic carbocycles. The Morgan fingerprint density at radius 2 is 1.90 bits per heavy atom. The van der Waals surface area contributed by atoms with Crippen molar-refractivity contribution in [2.24, 2.45) is 11.8 Å². The first kappa shape index (κ1) is 17.1. The number of hydrogen-bond donors (Lipinski definition) is 0. The van der Waals surface area contributed by atoms with E-state index in [1.165, 1.54) is 24.3 Å². The van der Waals surface area contributed by atoms with Gasteiger partial charge in [-0.05, 0) is 35.9 Å². The summed E-state index contributed by atoms with van der Waals surface area (Å²) in [6.07, 6.45) is 2.88. The summed E-state index contributed by atoms with van der Waals surface area (Å²) in [6.45, 7) is 0.302. The van der Waals surface area contributed by atoms with Gasteiger partial charge in [0.2, 0.25) is 6.29 Å². The predicted octanol–water partition coefficient (Wildman–Crippen LogP) is 2.85. The monoisotopic (exact) mass is 391 g/mol. The maximum Gasteiger partial charge on any atom is 0.218 e. The van der Waals surface area contributed by atoms with Crippen LogP contribution in [0.5, 0.6) is 0 Å². The molecular formula is C23H18FNO4. The van der Waals surface area contributed by atoms with Gasteiger partial charge in [0.1, 0.15) is 5.82 Å². The van der Waals surface area contributed by atoms with Gasteiger partial charge in [-0.15, -0.1) is 0 Å². The third-order valence-electron chi connectivity index (χ3n) is 6.55. The van der Waals surface area contributed by atoms with E-state index in [2.05, 4.69) is 4.90 Å². The molecule has 146 valence electrons. The van der Waals surface area contributed by atoms with Gasteiger partial charge in [0.05, 0.1) is 30.7 Å². The highest BCUT2D eigenvalue weighted by molar-refractivity contribution is 6.05. The molecular weight excluding hydrogens is 373 g/mol. The molecule has 0 radical (unpaired) electrons.